The minimum Gasteiger partial charge on any atom is -0.396 e. The van der Waals surface area contributed by atoms with Crippen LogP contribution >= 0.6 is 0 Å². The fourth-order valence-electron chi connectivity index (χ4n) is 2.54. The number of rotatable bonds is 4. The SMILES string of the molecule is CC(CO)C(C)NC(=O)Nc1ccc2c(c1)CCCN2C. The second-order valence-corrected chi connectivity index (χ2v) is 5.92. The van der Waals surface area contributed by atoms with E-state index >= 15 is 0 Å². The number of fused-ring (bicyclic) bond motifs is 1. The molecule has 0 fully saturated rings. The van der Waals surface area contributed by atoms with Gasteiger partial charge in [-0.3, -0.25) is 0 Å². The molecule has 21 heavy (non-hydrogen) atoms. The van der Waals surface area contributed by atoms with Crippen LogP contribution in [0.5, 0.6) is 0 Å². The molecule has 2 rings (SSSR count). The van der Waals surface area contributed by atoms with Gasteiger partial charge in [-0.25, -0.2) is 4.79 Å². The lowest BCUT2D eigenvalue weighted by Crippen LogP contribution is -2.40. The average molecular weight is 291 g/mol. The van der Waals surface area contributed by atoms with E-state index in [0.717, 1.165) is 25.1 Å². The Hall–Kier alpha value is -1.75. The lowest BCUT2D eigenvalue weighted by Gasteiger charge is -2.28. The minimum absolute atomic E-state index is 0.0351. The zero-order chi connectivity index (χ0) is 15.4. The van der Waals surface area contributed by atoms with Crippen LogP contribution in [0.2, 0.25) is 0 Å². The van der Waals surface area contributed by atoms with Crippen molar-refractivity contribution >= 4 is 17.4 Å². The van der Waals surface area contributed by atoms with Crippen molar-refractivity contribution in [1.82, 2.24) is 5.32 Å². The van der Waals surface area contributed by atoms with Gasteiger partial charge in [0.25, 0.3) is 0 Å². The van der Waals surface area contributed by atoms with E-state index in [4.69, 9.17) is 5.11 Å². The molecule has 5 heteroatoms. The predicted octanol–water partition coefficient (Wildman–Crippen LogP) is 2.21. The molecule has 1 aliphatic heterocycles. The first kappa shape index (κ1) is 15.6. The molecular weight excluding hydrogens is 266 g/mol. The highest BCUT2D eigenvalue weighted by molar-refractivity contribution is 5.90. The molecule has 2 amide bonds. The Bertz CT molecular complexity index is 504. The number of aliphatic hydroxyl groups is 1. The standard InChI is InChI=1S/C16H25N3O2/c1-11(10-20)12(2)17-16(21)18-14-6-7-15-13(9-14)5-4-8-19(15)3/h6-7,9,11-12,20H,4-5,8,10H2,1-3H3,(H2,17,18,21). The third-order valence-electron chi connectivity index (χ3n) is 4.19. The lowest BCUT2D eigenvalue weighted by atomic mass is 10.0. The molecule has 0 aliphatic carbocycles. The molecule has 5 nitrogen and oxygen atoms in total. The van der Waals surface area contributed by atoms with Crippen LogP contribution in [0.25, 0.3) is 0 Å². The zero-order valence-corrected chi connectivity index (χ0v) is 13.0. The topological polar surface area (TPSA) is 64.6 Å². The van der Waals surface area contributed by atoms with Crippen molar-refractivity contribution in [2.45, 2.75) is 32.7 Å². The van der Waals surface area contributed by atoms with Crippen LogP contribution in [0.3, 0.4) is 0 Å². The van der Waals surface area contributed by atoms with Gasteiger partial charge >= 0.3 is 6.03 Å². The average Bonchev–Trinajstić information content (AvgIpc) is 2.46. The smallest absolute Gasteiger partial charge is 0.319 e. The van der Waals surface area contributed by atoms with Crippen molar-refractivity contribution in [2.75, 3.05) is 30.4 Å². The van der Waals surface area contributed by atoms with E-state index in [1.54, 1.807) is 0 Å². The van der Waals surface area contributed by atoms with Crippen LogP contribution in [0, 0.1) is 5.92 Å². The molecule has 0 aromatic heterocycles. The first-order valence-corrected chi connectivity index (χ1v) is 7.53. The van der Waals surface area contributed by atoms with Gasteiger partial charge in [-0.15, -0.1) is 0 Å². The molecule has 1 aliphatic rings. The number of nitrogens with zero attached hydrogens (tertiary/aromatic N) is 1. The molecule has 0 saturated carbocycles. The molecule has 0 spiro atoms. The molecule has 2 unspecified atom stereocenters. The highest BCUT2D eigenvalue weighted by atomic mass is 16.3. The molecule has 116 valence electrons. The largest absolute Gasteiger partial charge is 0.396 e. The van der Waals surface area contributed by atoms with Crippen LogP contribution in [0.4, 0.5) is 16.2 Å². The molecule has 0 saturated heterocycles. The zero-order valence-electron chi connectivity index (χ0n) is 13.0. The Kier molecular flexibility index (Phi) is 5.07. The highest BCUT2D eigenvalue weighted by Gasteiger charge is 2.16. The lowest BCUT2D eigenvalue weighted by molar-refractivity contribution is 0.204. The molecular formula is C16H25N3O2. The van der Waals surface area contributed by atoms with E-state index in [-0.39, 0.29) is 24.6 Å². The number of amides is 2. The molecule has 1 aromatic carbocycles. The van der Waals surface area contributed by atoms with Gasteiger partial charge in [-0.1, -0.05) is 6.92 Å². The second kappa shape index (κ2) is 6.80. The summed E-state index contributed by atoms with van der Waals surface area (Å²) in [6.45, 7) is 4.94. The van der Waals surface area contributed by atoms with Crippen molar-refractivity contribution in [3.8, 4) is 0 Å². The van der Waals surface area contributed by atoms with E-state index in [0.29, 0.717) is 0 Å². The normalized spacial score (nSPS) is 16.9. The number of anilines is 2. The van der Waals surface area contributed by atoms with Crippen molar-refractivity contribution in [3.63, 3.8) is 0 Å². The minimum atomic E-state index is -0.230. The number of hydrogen-bond donors (Lipinski definition) is 3. The predicted molar refractivity (Wildman–Crippen MR) is 85.9 cm³/mol. The van der Waals surface area contributed by atoms with Gasteiger partial charge in [0.15, 0.2) is 0 Å². The summed E-state index contributed by atoms with van der Waals surface area (Å²) in [7, 11) is 2.09. The van der Waals surface area contributed by atoms with Gasteiger partial charge < -0.3 is 20.6 Å². The van der Waals surface area contributed by atoms with Crippen molar-refractivity contribution in [1.29, 1.82) is 0 Å². The molecule has 2 atom stereocenters. The first-order valence-electron chi connectivity index (χ1n) is 7.53. The second-order valence-electron chi connectivity index (χ2n) is 5.92. The first-order chi connectivity index (χ1) is 10.0. The van der Waals surface area contributed by atoms with Gasteiger partial charge in [0.2, 0.25) is 0 Å². The van der Waals surface area contributed by atoms with Crippen LogP contribution in [0.1, 0.15) is 25.8 Å². The van der Waals surface area contributed by atoms with Crippen molar-refractivity contribution in [3.05, 3.63) is 23.8 Å². The summed E-state index contributed by atoms with van der Waals surface area (Å²) in [5.74, 6) is 0.0351. The Morgan fingerprint density at radius 1 is 1.43 bits per heavy atom. The summed E-state index contributed by atoms with van der Waals surface area (Å²) in [6.07, 6.45) is 2.19. The number of urea groups is 1. The molecule has 0 radical (unpaired) electrons. The molecule has 1 aromatic rings. The van der Waals surface area contributed by atoms with Gasteiger partial charge in [0, 0.05) is 37.6 Å². The van der Waals surface area contributed by atoms with Gasteiger partial charge in [-0.05, 0) is 49.4 Å². The maximum Gasteiger partial charge on any atom is 0.319 e. The number of aliphatic hydroxyl groups excluding tert-OH is 1. The maximum atomic E-state index is 12.0. The van der Waals surface area contributed by atoms with Crippen LogP contribution in [0.15, 0.2) is 18.2 Å². The van der Waals surface area contributed by atoms with Gasteiger partial charge in [-0.2, -0.15) is 0 Å². The number of hydrogen-bond acceptors (Lipinski definition) is 3. The van der Waals surface area contributed by atoms with Crippen LogP contribution in [-0.2, 0) is 6.42 Å². The molecule has 3 N–H and O–H groups in total. The van der Waals surface area contributed by atoms with E-state index in [9.17, 15) is 4.79 Å². The van der Waals surface area contributed by atoms with E-state index in [1.807, 2.05) is 26.0 Å². The third kappa shape index (κ3) is 3.88. The monoisotopic (exact) mass is 291 g/mol. The van der Waals surface area contributed by atoms with E-state index in [1.165, 1.54) is 11.3 Å². The summed E-state index contributed by atoms with van der Waals surface area (Å²) in [5, 5.41) is 14.8. The maximum absolute atomic E-state index is 12.0. The highest BCUT2D eigenvalue weighted by Crippen LogP contribution is 2.28. The Balaban J connectivity index is 1.98. The number of nitrogens with one attached hydrogen (secondary N) is 2. The van der Waals surface area contributed by atoms with Crippen LogP contribution in [-0.4, -0.2) is 37.4 Å². The Labute approximate surface area is 126 Å². The number of carbonyl (C=O) groups excluding carboxylic acids is 1. The number of carbonyl (C=O) groups is 1. The summed E-state index contributed by atoms with van der Waals surface area (Å²) < 4.78 is 0. The molecule has 1 heterocycles. The fraction of sp³-hybridized carbons (Fsp3) is 0.562. The summed E-state index contributed by atoms with van der Waals surface area (Å²) in [5.41, 5.74) is 3.33. The van der Waals surface area contributed by atoms with Gasteiger partial charge in [0.05, 0.1) is 0 Å². The fourth-order valence-corrected chi connectivity index (χ4v) is 2.54. The van der Waals surface area contributed by atoms with Crippen molar-refractivity contribution in [2.24, 2.45) is 5.92 Å². The Morgan fingerprint density at radius 3 is 2.90 bits per heavy atom. The van der Waals surface area contributed by atoms with Gasteiger partial charge in [0.1, 0.15) is 0 Å². The quantitative estimate of drug-likeness (QED) is 0.797. The molecule has 0 bridgehead atoms. The summed E-state index contributed by atoms with van der Waals surface area (Å²) in [6, 6.07) is 5.74. The van der Waals surface area contributed by atoms with E-state index < -0.39 is 0 Å². The third-order valence-corrected chi connectivity index (χ3v) is 4.19. The Morgan fingerprint density at radius 2 is 2.19 bits per heavy atom. The number of benzene rings is 1. The number of aryl methyl sites for hydroxylation is 1. The summed E-state index contributed by atoms with van der Waals surface area (Å²) in [4.78, 5) is 14.2. The van der Waals surface area contributed by atoms with E-state index in [2.05, 4.69) is 28.6 Å². The summed E-state index contributed by atoms with van der Waals surface area (Å²) >= 11 is 0. The van der Waals surface area contributed by atoms with Crippen molar-refractivity contribution < 1.29 is 9.90 Å². The van der Waals surface area contributed by atoms with Crippen LogP contribution < -0.4 is 15.5 Å².